The fourth-order valence-corrected chi connectivity index (χ4v) is 2.46. The zero-order valence-corrected chi connectivity index (χ0v) is 9.65. The van der Waals surface area contributed by atoms with Crippen molar-refractivity contribution in [2.24, 2.45) is 5.92 Å². The highest BCUT2D eigenvalue weighted by molar-refractivity contribution is 5.36. The summed E-state index contributed by atoms with van der Waals surface area (Å²) in [5, 5.41) is 6.20. The standard InChI is InChI=1S/C12H16N4O/c17-12-8-10(7-9-1-4-13-5-2-9)15-11-3-6-14-16(11)12/h3,6,8-9,13-14H,1-2,4-5,7H2. The van der Waals surface area contributed by atoms with E-state index >= 15 is 0 Å². The molecule has 0 saturated carbocycles. The lowest BCUT2D eigenvalue weighted by atomic mass is 9.93. The molecule has 5 heteroatoms. The number of nitrogens with zero attached hydrogens (tertiary/aromatic N) is 2. The van der Waals surface area contributed by atoms with Crippen molar-refractivity contribution in [3.05, 3.63) is 34.4 Å². The lowest BCUT2D eigenvalue weighted by Gasteiger charge is -2.21. The average molecular weight is 232 g/mol. The molecule has 1 aliphatic rings. The molecule has 3 rings (SSSR count). The summed E-state index contributed by atoms with van der Waals surface area (Å²) < 4.78 is 1.46. The third-order valence-corrected chi connectivity index (χ3v) is 3.39. The highest BCUT2D eigenvalue weighted by Crippen LogP contribution is 2.16. The number of hydrogen-bond acceptors (Lipinski definition) is 3. The first-order valence-electron chi connectivity index (χ1n) is 6.10. The highest BCUT2D eigenvalue weighted by atomic mass is 16.1. The van der Waals surface area contributed by atoms with Crippen LogP contribution in [0.4, 0.5) is 0 Å². The van der Waals surface area contributed by atoms with Crippen molar-refractivity contribution in [3.8, 4) is 0 Å². The van der Waals surface area contributed by atoms with Crippen LogP contribution in [0, 0.1) is 5.92 Å². The number of nitrogens with one attached hydrogen (secondary N) is 2. The van der Waals surface area contributed by atoms with Gasteiger partial charge in [-0.3, -0.25) is 9.89 Å². The zero-order chi connectivity index (χ0) is 11.7. The number of fused-ring (bicyclic) bond motifs is 1. The number of aromatic amines is 1. The van der Waals surface area contributed by atoms with Crippen molar-refractivity contribution >= 4 is 5.65 Å². The van der Waals surface area contributed by atoms with Gasteiger partial charge < -0.3 is 5.32 Å². The first-order valence-corrected chi connectivity index (χ1v) is 6.10. The minimum Gasteiger partial charge on any atom is -0.317 e. The van der Waals surface area contributed by atoms with E-state index in [9.17, 15) is 4.79 Å². The first kappa shape index (κ1) is 10.5. The van der Waals surface area contributed by atoms with E-state index in [1.54, 1.807) is 12.3 Å². The Balaban J connectivity index is 1.87. The Morgan fingerprint density at radius 2 is 2.24 bits per heavy atom. The molecule has 0 aromatic carbocycles. The molecule has 5 nitrogen and oxygen atoms in total. The monoisotopic (exact) mass is 232 g/mol. The summed E-state index contributed by atoms with van der Waals surface area (Å²) in [7, 11) is 0. The molecule has 2 aromatic heterocycles. The molecule has 0 atom stereocenters. The maximum absolute atomic E-state index is 11.8. The second-order valence-electron chi connectivity index (χ2n) is 4.64. The number of aromatic nitrogens is 3. The van der Waals surface area contributed by atoms with Crippen LogP contribution in [0.1, 0.15) is 18.5 Å². The molecule has 17 heavy (non-hydrogen) atoms. The van der Waals surface area contributed by atoms with E-state index in [0.29, 0.717) is 11.6 Å². The third kappa shape index (κ3) is 2.10. The SMILES string of the molecule is O=c1cc(CC2CCNCC2)nc2cc[nH]n12. The van der Waals surface area contributed by atoms with Gasteiger partial charge in [-0.1, -0.05) is 0 Å². The fraction of sp³-hybridized carbons (Fsp3) is 0.500. The lowest BCUT2D eigenvalue weighted by Crippen LogP contribution is -2.29. The molecule has 0 spiro atoms. The first-order chi connectivity index (χ1) is 8.33. The van der Waals surface area contributed by atoms with Crippen LogP contribution in [-0.4, -0.2) is 27.7 Å². The molecule has 0 bridgehead atoms. The summed E-state index contributed by atoms with van der Waals surface area (Å²) in [6, 6.07) is 3.47. The zero-order valence-electron chi connectivity index (χ0n) is 9.65. The Hall–Kier alpha value is -1.62. The Labute approximate surface area is 98.9 Å². The van der Waals surface area contributed by atoms with E-state index in [-0.39, 0.29) is 5.56 Å². The number of rotatable bonds is 2. The summed E-state index contributed by atoms with van der Waals surface area (Å²) in [4.78, 5) is 16.3. The normalized spacial score (nSPS) is 17.6. The summed E-state index contributed by atoms with van der Waals surface area (Å²) >= 11 is 0. The molecule has 0 aliphatic carbocycles. The average Bonchev–Trinajstić information content (AvgIpc) is 2.79. The van der Waals surface area contributed by atoms with Gasteiger partial charge in [-0.2, -0.15) is 0 Å². The van der Waals surface area contributed by atoms with Crippen molar-refractivity contribution < 1.29 is 0 Å². The van der Waals surface area contributed by atoms with E-state index < -0.39 is 0 Å². The second kappa shape index (κ2) is 4.33. The van der Waals surface area contributed by atoms with Gasteiger partial charge in [0.1, 0.15) is 0 Å². The van der Waals surface area contributed by atoms with Crippen LogP contribution in [0.3, 0.4) is 0 Å². The number of hydrogen-bond donors (Lipinski definition) is 2. The maximum atomic E-state index is 11.8. The van der Waals surface area contributed by atoms with Gasteiger partial charge in [0.15, 0.2) is 5.65 Å². The Morgan fingerprint density at radius 3 is 3.06 bits per heavy atom. The van der Waals surface area contributed by atoms with Crippen molar-refractivity contribution in [2.45, 2.75) is 19.3 Å². The molecule has 2 aromatic rings. The van der Waals surface area contributed by atoms with Gasteiger partial charge in [0.05, 0.1) is 0 Å². The van der Waals surface area contributed by atoms with Crippen LogP contribution in [0.15, 0.2) is 23.1 Å². The van der Waals surface area contributed by atoms with Crippen LogP contribution in [0.5, 0.6) is 0 Å². The molecule has 3 heterocycles. The Morgan fingerprint density at radius 1 is 1.41 bits per heavy atom. The van der Waals surface area contributed by atoms with E-state index in [2.05, 4.69) is 15.4 Å². The van der Waals surface area contributed by atoms with E-state index in [4.69, 9.17) is 0 Å². The van der Waals surface area contributed by atoms with Crippen LogP contribution in [0.25, 0.3) is 5.65 Å². The predicted octanol–water partition coefficient (Wildman–Crippen LogP) is 0.565. The molecule has 0 radical (unpaired) electrons. The second-order valence-corrected chi connectivity index (χ2v) is 4.64. The molecule has 1 fully saturated rings. The van der Waals surface area contributed by atoms with Crippen molar-refractivity contribution in [1.29, 1.82) is 0 Å². The van der Waals surface area contributed by atoms with Gasteiger partial charge in [0.2, 0.25) is 0 Å². The van der Waals surface area contributed by atoms with Gasteiger partial charge in [0, 0.05) is 24.0 Å². The van der Waals surface area contributed by atoms with Crippen LogP contribution in [-0.2, 0) is 6.42 Å². The van der Waals surface area contributed by atoms with Gasteiger partial charge in [-0.25, -0.2) is 9.50 Å². The quantitative estimate of drug-likeness (QED) is 0.795. The molecule has 90 valence electrons. The third-order valence-electron chi connectivity index (χ3n) is 3.39. The van der Waals surface area contributed by atoms with Crippen LogP contribution in [0.2, 0.25) is 0 Å². The van der Waals surface area contributed by atoms with Crippen molar-refractivity contribution in [3.63, 3.8) is 0 Å². The van der Waals surface area contributed by atoms with Gasteiger partial charge in [-0.05, 0) is 38.3 Å². The summed E-state index contributed by atoms with van der Waals surface area (Å²) in [6.45, 7) is 2.16. The van der Waals surface area contributed by atoms with Crippen LogP contribution >= 0.6 is 0 Å². The molecule has 2 N–H and O–H groups in total. The Bertz CT molecular complexity index is 565. The fourth-order valence-electron chi connectivity index (χ4n) is 2.46. The van der Waals surface area contributed by atoms with Gasteiger partial charge >= 0.3 is 0 Å². The minimum absolute atomic E-state index is 0.0241. The molecule has 1 saturated heterocycles. The minimum atomic E-state index is -0.0241. The maximum Gasteiger partial charge on any atom is 0.272 e. The number of H-pyrrole nitrogens is 1. The number of piperidine rings is 1. The van der Waals surface area contributed by atoms with Crippen molar-refractivity contribution in [1.82, 2.24) is 19.9 Å². The van der Waals surface area contributed by atoms with E-state index in [1.165, 1.54) is 17.4 Å². The van der Waals surface area contributed by atoms with E-state index in [0.717, 1.165) is 25.2 Å². The van der Waals surface area contributed by atoms with Gasteiger partial charge in [-0.15, -0.1) is 0 Å². The van der Waals surface area contributed by atoms with Gasteiger partial charge in [0.25, 0.3) is 5.56 Å². The summed E-state index contributed by atoms with van der Waals surface area (Å²) in [6.07, 6.45) is 5.00. The Kier molecular flexibility index (Phi) is 2.68. The molecule has 1 aliphatic heterocycles. The topological polar surface area (TPSA) is 62.2 Å². The molecule has 0 amide bonds. The summed E-state index contributed by atoms with van der Waals surface area (Å²) in [5.74, 6) is 0.657. The molecular formula is C12H16N4O. The lowest BCUT2D eigenvalue weighted by molar-refractivity contribution is 0.370. The van der Waals surface area contributed by atoms with Crippen LogP contribution < -0.4 is 10.9 Å². The van der Waals surface area contributed by atoms with E-state index in [1.807, 2.05) is 6.07 Å². The summed E-state index contributed by atoms with van der Waals surface area (Å²) in [5.41, 5.74) is 1.60. The highest BCUT2D eigenvalue weighted by Gasteiger charge is 2.15. The largest absolute Gasteiger partial charge is 0.317 e. The van der Waals surface area contributed by atoms with Crippen molar-refractivity contribution in [2.75, 3.05) is 13.1 Å². The smallest absolute Gasteiger partial charge is 0.272 e. The predicted molar refractivity (Wildman–Crippen MR) is 65.1 cm³/mol. The molecule has 0 unspecified atom stereocenters. The molecular weight excluding hydrogens is 216 g/mol.